The summed E-state index contributed by atoms with van der Waals surface area (Å²) in [5.74, 6) is 0. The summed E-state index contributed by atoms with van der Waals surface area (Å²) in [5.41, 5.74) is 1.17. The smallest absolute Gasteiger partial charge is 0.122 e. The molecule has 0 aliphatic heterocycles. The largest absolute Gasteiger partial charge is 0.347 e. The van der Waals surface area contributed by atoms with E-state index in [2.05, 4.69) is 30.7 Å². The van der Waals surface area contributed by atoms with Gasteiger partial charge in [0.1, 0.15) is 4.64 Å². The molecule has 0 saturated carbocycles. The highest BCUT2D eigenvalue weighted by atomic mass is 32.1. The van der Waals surface area contributed by atoms with Crippen LogP contribution in [0.1, 0.15) is 26.5 Å². The van der Waals surface area contributed by atoms with E-state index in [1.165, 1.54) is 0 Å². The van der Waals surface area contributed by atoms with Gasteiger partial charge in [-0.2, -0.15) is 0 Å². The van der Waals surface area contributed by atoms with E-state index >= 15 is 0 Å². The zero-order chi connectivity index (χ0) is 8.48. The second-order valence-electron chi connectivity index (χ2n) is 3.56. The maximum absolute atomic E-state index is 4.95. The first-order valence-corrected chi connectivity index (χ1v) is 3.96. The lowest BCUT2D eigenvalue weighted by Crippen LogP contribution is -2.13. The van der Waals surface area contributed by atoms with Crippen molar-refractivity contribution in [2.45, 2.75) is 26.2 Å². The Morgan fingerprint density at radius 2 is 2.00 bits per heavy atom. The van der Waals surface area contributed by atoms with Gasteiger partial charge in [0.05, 0.1) is 6.20 Å². The van der Waals surface area contributed by atoms with E-state index in [0.29, 0.717) is 4.64 Å². The Labute approximate surface area is 71.7 Å². The van der Waals surface area contributed by atoms with Crippen LogP contribution < -0.4 is 0 Å². The van der Waals surface area contributed by atoms with Crippen LogP contribution in [-0.4, -0.2) is 9.97 Å². The molecule has 1 rings (SSSR count). The molecule has 0 fully saturated rings. The molecule has 0 radical (unpaired) electrons. The van der Waals surface area contributed by atoms with Crippen LogP contribution in [0.2, 0.25) is 0 Å². The van der Waals surface area contributed by atoms with Crippen LogP contribution in [0.4, 0.5) is 0 Å². The van der Waals surface area contributed by atoms with E-state index in [9.17, 15) is 0 Å². The minimum Gasteiger partial charge on any atom is -0.347 e. The van der Waals surface area contributed by atoms with Gasteiger partial charge in [-0.25, -0.2) is 0 Å². The summed E-state index contributed by atoms with van der Waals surface area (Å²) in [5, 5.41) is 0. The maximum Gasteiger partial charge on any atom is 0.122 e. The fourth-order valence-corrected chi connectivity index (χ4v) is 0.929. The first-order chi connectivity index (χ1) is 5.00. The Morgan fingerprint density at radius 3 is 2.36 bits per heavy atom. The first-order valence-electron chi connectivity index (χ1n) is 3.55. The summed E-state index contributed by atoms with van der Waals surface area (Å²) < 4.78 is 0.692. The third kappa shape index (κ3) is 2.12. The zero-order valence-electron chi connectivity index (χ0n) is 7.01. The molecule has 1 heterocycles. The Morgan fingerprint density at radius 1 is 1.36 bits per heavy atom. The Hall–Kier alpha value is -0.700. The lowest BCUT2D eigenvalue weighted by Gasteiger charge is -2.17. The van der Waals surface area contributed by atoms with E-state index in [0.717, 1.165) is 5.69 Å². The summed E-state index contributed by atoms with van der Waals surface area (Å²) in [7, 11) is 0. The Balaban J connectivity index is 3.16. The maximum atomic E-state index is 4.95. The van der Waals surface area contributed by atoms with Gasteiger partial charge in [0.25, 0.3) is 0 Å². The predicted molar refractivity (Wildman–Crippen MR) is 48.1 cm³/mol. The van der Waals surface area contributed by atoms with Crippen LogP contribution in [0.25, 0.3) is 0 Å². The molecule has 1 N–H and O–H groups in total. The molecule has 0 unspecified atom stereocenters. The number of aromatic nitrogens is 2. The van der Waals surface area contributed by atoms with Crippen molar-refractivity contribution in [2.24, 2.45) is 0 Å². The molecule has 0 amide bonds. The fourth-order valence-electron chi connectivity index (χ4n) is 0.758. The third-order valence-electron chi connectivity index (χ3n) is 1.46. The van der Waals surface area contributed by atoms with Crippen LogP contribution in [0.15, 0.2) is 12.4 Å². The van der Waals surface area contributed by atoms with Crippen molar-refractivity contribution in [1.29, 1.82) is 0 Å². The van der Waals surface area contributed by atoms with Gasteiger partial charge in [-0.15, -0.1) is 0 Å². The average Bonchev–Trinajstić information content (AvgIpc) is 1.86. The molecule has 2 nitrogen and oxygen atoms in total. The second-order valence-corrected chi connectivity index (χ2v) is 4.00. The lowest BCUT2D eigenvalue weighted by atomic mass is 9.93. The molecular weight excluding hydrogens is 156 g/mol. The van der Waals surface area contributed by atoms with Gasteiger partial charge in [0, 0.05) is 17.3 Å². The van der Waals surface area contributed by atoms with Gasteiger partial charge in [0.15, 0.2) is 0 Å². The van der Waals surface area contributed by atoms with Gasteiger partial charge in [-0.1, -0.05) is 33.0 Å². The molecule has 3 heteroatoms. The topological polar surface area (TPSA) is 28.7 Å². The quantitative estimate of drug-likeness (QED) is 0.603. The molecule has 0 spiro atoms. The molecule has 0 aromatic carbocycles. The van der Waals surface area contributed by atoms with Crippen molar-refractivity contribution in [3.8, 4) is 0 Å². The number of aromatic amines is 1. The highest BCUT2D eigenvalue weighted by molar-refractivity contribution is 7.71. The molecule has 0 atom stereocenters. The number of nitrogens with one attached hydrogen (secondary N) is 1. The average molecular weight is 168 g/mol. The molecule has 0 aliphatic carbocycles. The van der Waals surface area contributed by atoms with Gasteiger partial charge < -0.3 is 4.98 Å². The molecule has 11 heavy (non-hydrogen) atoms. The minimum atomic E-state index is 0.0990. The van der Waals surface area contributed by atoms with Crippen LogP contribution >= 0.6 is 12.2 Å². The molecular formula is C8H12N2S. The predicted octanol–water partition coefficient (Wildman–Crippen LogP) is 2.44. The molecule has 1 aromatic heterocycles. The van der Waals surface area contributed by atoms with Crippen LogP contribution in [0, 0.1) is 4.64 Å². The lowest BCUT2D eigenvalue weighted by molar-refractivity contribution is 0.564. The molecule has 0 aliphatic rings. The molecule has 0 saturated heterocycles. The van der Waals surface area contributed by atoms with Gasteiger partial charge in [-0.3, -0.25) is 4.98 Å². The van der Waals surface area contributed by atoms with Gasteiger partial charge in [0.2, 0.25) is 0 Å². The van der Waals surface area contributed by atoms with E-state index in [-0.39, 0.29) is 5.41 Å². The summed E-state index contributed by atoms with van der Waals surface area (Å²) in [6.45, 7) is 6.36. The highest BCUT2D eigenvalue weighted by Crippen LogP contribution is 2.17. The van der Waals surface area contributed by atoms with Gasteiger partial charge >= 0.3 is 0 Å². The third-order valence-corrected chi connectivity index (χ3v) is 1.67. The molecule has 1 aromatic rings. The fraction of sp³-hybridized carbons (Fsp3) is 0.500. The van der Waals surface area contributed by atoms with Crippen molar-refractivity contribution in [1.82, 2.24) is 9.97 Å². The van der Waals surface area contributed by atoms with Crippen molar-refractivity contribution in [2.75, 3.05) is 0 Å². The van der Waals surface area contributed by atoms with Crippen molar-refractivity contribution in [3.63, 3.8) is 0 Å². The standard InChI is InChI=1S/C8H12N2S/c1-8(2,3)6-4-9-5-7(11)10-6/h4-5H,1-3H3,(H,10,11). The van der Waals surface area contributed by atoms with Crippen molar-refractivity contribution >= 4 is 12.2 Å². The number of hydrogen-bond acceptors (Lipinski definition) is 2. The summed E-state index contributed by atoms with van der Waals surface area (Å²) in [6, 6.07) is 0. The Kier molecular flexibility index (Phi) is 2.09. The van der Waals surface area contributed by atoms with Crippen molar-refractivity contribution in [3.05, 3.63) is 22.7 Å². The number of hydrogen-bond donors (Lipinski definition) is 1. The minimum absolute atomic E-state index is 0.0990. The highest BCUT2D eigenvalue weighted by Gasteiger charge is 2.13. The van der Waals surface area contributed by atoms with Crippen LogP contribution in [0.3, 0.4) is 0 Å². The van der Waals surface area contributed by atoms with Crippen LogP contribution in [-0.2, 0) is 5.41 Å². The first kappa shape index (κ1) is 8.40. The summed E-state index contributed by atoms with van der Waals surface area (Å²) in [4.78, 5) is 7.11. The SMILES string of the molecule is CC(C)(C)c1cncc(=S)[nH]1. The van der Waals surface area contributed by atoms with Crippen LogP contribution in [0.5, 0.6) is 0 Å². The Bertz CT molecular complexity index is 295. The number of rotatable bonds is 0. The van der Waals surface area contributed by atoms with Gasteiger partial charge in [-0.05, 0) is 0 Å². The number of nitrogens with zero attached hydrogens (tertiary/aromatic N) is 1. The summed E-state index contributed by atoms with van der Waals surface area (Å²) >= 11 is 4.95. The van der Waals surface area contributed by atoms with E-state index in [1.54, 1.807) is 6.20 Å². The summed E-state index contributed by atoms with van der Waals surface area (Å²) in [6.07, 6.45) is 3.46. The second kappa shape index (κ2) is 2.74. The zero-order valence-corrected chi connectivity index (χ0v) is 7.83. The van der Waals surface area contributed by atoms with E-state index in [4.69, 9.17) is 12.2 Å². The molecule has 60 valence electrons. The van der Waals surface area contributed by atoms with Crippen molar-refractivity contribution < 1.29 is 0 Å². The normalized spacial score (nSPS) is 11.5. The molecule has 0 bridgehead atoms. The van der Waals surface area contributed by atoms with E-state index < -0.39 is 0 Å². The monoisotopic (exact) mass is 168 g/mol. The number of H-pyrrole nitrogens is 1. The van der Waals surface area contributed by atoms with E-state index in [1.807, 2.05) is 6.20 Å².